The Balaban J connectivity index is 2.37. The molecule has 1 aliphatic heterocycles. The van der Waals surface area contributed by atoms with Gasteiger partial charge in [-0.15, -0.1) is 0 Å². The molecule has 1 fully saturated rings. The van der Waals surface area contributed by atoms with Crippen molar-refractivity contribution in [1.29, 1.82) is 0 Å². The second kappa shape index (κ2) is 6.52. The van der Waals surface area contributed by atoms with Gasteiger partial charge in [0.05, 0.1) is 0 Å². The van der Waals surface area contributed by atoms with Gasteiger partial charge in [-0.25, -0.2) is 0 Å². The van der Waals surface area contributed by atoms with Gasteiger partial charge in [-0.05, 0) is 25.2 Å². The summed E-state index contributed by atoms with van der Waals surface area (Å²) in [7, 11) is 0. The van der Waals surface area contributed by atoms with Crippen molar-refractivity contribution in [1.82, 2.24) is 10.2 Å². The summed E-state index contributed by atoms with van der Waals surface area (Å²) in [6.45, 7) is 4.32. The van der Waals surface area contributed by atoms with Crippen LogP contribution >= 0.6 is 11.8 Å². The smallest absolute Gasteiger partial charge is 0.249 e. The third-order valence-electron chi connectivity index (χ3n) is 4.05. The van der Waals surface area contributed by atoms with Crippen LogP contribution in [0.4, 0.5) is 0 Å². The van der Waals surface area contributed by atoms with Crippen molar-refractivity contribution >= 4 is 23.6 Å². The van der Waals surface area contributed by atoms with E-state index in [0.29, 0.717) is 13.0 Å². The molecule has 0 aromatic heterocycles. The van der Waals surface area contributed by atoms with Crippen molar-refractivity contribution < 1.29 is 9.59 Å². The lowest BCUT2D eigenvalue weighted by Gasteiger charge is -2.44. The number of rotatable bonds is 5. The first-order valence-electron chi connectivity index (χ1n) is 7.20. The summed E-state index contributed by atoms with van der Waals surface area (Å²) in [5.74, 6) is 0.737. The number of carbonyl (C=O) groups excluding carboxylic acids is 2. The molecule has 1 aliphatic rings. The predicted octanol–water partition coefficient (Wildman–Crippen LogP) is 2.22. The van der Waals surface area contributed by atoms with Crippen LogP contribution in [-0.4, -0.2) is 40.8 Å². The van der Waals surface area contributed by atoms with E-state index in [0.717, 1.165) is 11.3 Å². The molecule has 2 unspecified atom stereocenters. The number of hydrogen-bond acceptors (Lipinski definition) is 3. The summed E-state index contributed by atoms with van der Waals surface area (Å²) in [5.41, 5.74) is 0.0726. The molecule has 0 saturated carbocycles. The van der Waals surface area contributed by atoms with Crippen LogP contribution in [0.2, 0.25) is 0 Å². The van der Waals surface area contributed by atoms with Gasteiger partial charge in [0.1, 0.15) is 11.6 Å². The van der Waals surface area contributed by atoms with E-state index in [-0.39, 0.29) is 11.8 Å². The van der Waals surface area contributed by atoms with Crippen molar-refractivity contribution in [2.75, 3.05) is 18.6 Å². The number of carbonyl (C=O) groups is 2. The van der Waals surface area contributed by atoms with Gasteiger partial charge in [-0.2, -0.15) is 11.8 Å². The lowest BCUT2D eigenvalue weighted by Crippen LogP contribution is -2.66. The summed E-state index contributed by atoms with van der Waals surface area (Å²) in [4.78, 5) is 27.1. The van der Waals surface area contributed by atoms with Crippen LogP contribution in [0.25, 0.3) is 0 Å². The van der Waals surface area contributed by atoms with Crippen LogP contribution < -0.4 is 5.32 Å². The van der Waals surface area contributed by atoms with Crippen molar-refractivity contribution in [2.45, 2.75) is 31.8 Å². The molecule has 2 amide bonds. The largest absolute Gasteiger partial charge is 0.340 e. The van der Waals surface area contributed by atoms with Gasteiger partial charge < -0.3 is 10.2 Å². The first kappa shape index (κ1) is 15.9. The minimum absolute atomic E-state index is 0.00695. The SMILES string of the molecule is CCC1(C)NC(=O)C(c2ccccc2)N(CCSC)C1=O. The van der Waals surface area contributed by atoms with E-state index in [9.17, 15) is 9.59 Å². The van der Waals surface area contributed by atoms with Crippen LogP contribution in [0.1, 0.15) is 31.9 Å². The van der Waals surface area contributed by atoms with E-state index < -0.39 is 11.6 Å². The molecule has 21 heavy (non-hydrogen) atoms. The molecule has 0 spiro atoms. The second-order valence-electron chi connectivity index (χ2n) is 5.48. The fourth-order valence-electron chi connectivity index (χ4n) is 2.60. The minimum Gasteiger partial charge on any atom is -0.340 e. The fraction of sp³-hybridized carbons (Fsp3) is 0.500. The lowest BCUT2D eigenvalue weighted by molar-refractivity contribution is -0.154. The van der Waals surface area contributed by atoms with Crippen molar-refractivity contribution in [3.63, 3.8) is 0 Å². The van der Waals surface area contributed by atoms with Crippen LogP contribution in [0.5, 0.6) is 0 Å². The normalized spacial score (nSPS) is 25.9. The quantitative estimate of drug-likeness (QED) is 0.907. The minimum atomic E-state index is -0.791. The van der Waals surface area contributed by atoms with E-state index in [4.69, 9.17) is 0 Å². The topological polar surface area (TPSA) is 49.4 Å². The van der Waals surface area contributed by atoms with Crippen molar-refractivity contribution in [2.24, 2.45) is 0 Å². The summed E-state index contributed by atoms with van der Waals surface area (Å²) in [5, 5.41) is 2.91. The maximum Gasteiger partial charge on any atom is 0.249 e. The Morgan fingerprint density at radius 1 is 1.29 bits per heavy atom. The molecule has 1 heterocycles. The first-order chi connectivity index (χ1) is 10.0. The third kappa shape index (κ3) is 3.07. The van der Waals surface area contributed by atoms with Crippen molar-refractivity contribution in [3.8, 4) is 0 Å². The Hall–Kier alpha value is -1.49. The Labute approximate surface area is 130 Å². The summed E-state index contributed by atoms with van der Waals surface area (Å²) < 4.78 is 0. The van der Waals surface area contributed by atoms with Crippen molar-refractivity contribution in [3.05, 3.63) is 35.9 Å². The summed E-state index contributed by atoms with van der Waals surface area (Å²) in [6, 6.07) is 8.98. The second-order valence-corrected chi connectivity index (χ2v) is 6.47. The Morgan fingerprint density at radius 2 is 1.95 bits per heavy atom. The number of thioether (sulfide) groups is 1. The van der Waals surface area contributed by atoms with Gasteiger partial charge in [0.2, 0.25) is 11.8 Å². The molecule has 1 aromatic carbocycles. The maximum absolute atomic E-state index is 12.8. The zero-order valence-electron chi connectivity index (χ0n) is 12.8. The van der Waals surface area contributed by atoms with E-state index in [1.165, 1.54) is 0 Å². The Bertz CT molecular complexity index is 520. The maximum atomic E-state index is 12.8. The van der Waals surface area contributed by atoms with Crippen LogP contribution in [0.15, 0.2) is 30.3 Å². The highest BCUT2D eigenvalue weighted by molar-refractivity contribution is 7.98. The molecule has 0 radical (unpaired) electrons. The standard InChI is InChI=1S/C16H22N2O2S/c1-4-16(2)15(20)18(10-11-21-3)13(14(19)17-16)12-8-6-5-7-9-12/h5-9,13H,4,10-11H2,1-3H3,(H,17,19). The van der Waals surface area contributed by atoms with Gasteiger partial charge >= 0.3 is 0 Å². The molecular weight excluding hydrogens is 284 g/mol. The zero-order chi connectivity index (χ0) is 15.5. The molecular formula is C16H22N2O2S. The van der Waals surface area contributed by atoms with Crippen LogP contribution in [-0.2, 0) is 9.59 Å². The Kier molecular flexibility index (Phi) is 4.93. The number of benzene rings is 1. The molecule has 0 bridgehead atoms. The average Bonchev–Trinajstić information content (AvgIpc) is 2.50. The highest BCUT2D eigenvalue weighted by Crippen LogP contribution is 2.30. The number of nitrogens with one attached hydrogen (secondary N) is 1. The molecule has 1 aromatic rings. The molecule has 114 valence electrons. The van der Waals surface area contributed by atoms with E-state index in [2.05, 4.69) is 5.32 Å². The highest BCUT2D eigenvalue weighted by atomic mass is 32.2. The van der Waals surface area contributed by atoms with Crippen LogP contribution in [0.3, 0.4) is 0 Å². The number of piperazine rings is 1. The van der Waals surface area contributed by atoms with Gasteiger partial charge in [-0.1, -0.05) is 37.3 Å². The third-order valence-corrected chi connectivity index (χ3v) is 4.64. The highest BCUT2D eigenvalue weighted by Gasteiger charge is 2.47. The number of nitrogens with zero attached hydrogens (tertiary/aromatic N) is 1. The molecule has 1 N–H and O–H groups in total. The van der Waals surface area contributed by atoms with E-state index >= 15 is 0 Å². The molecule has 0 aliphatic carbocycles. The summed E-state index contributed by atoms with van der Waals surface area (Å²) >= 11 is 1.68. The molecule has 1 saturated heterocycles. The van der Waals surface area contributed by atoms with E-state index in [1.807, 2.05) is 43.5 Å². The molecule has 2 rings (SSSR count). The number of hydrogen-bond donors (Lipinski definition) is 1. The fourth-order valence-corrected chi connectivity index (χ4v) is 2.98. The Morgan fingerprint density at radius 3 is 2.52 bits per heavy atom. The molecule has 2 atom stereocenters. The van der Waals surface area contributed by atoms with E-state index in [1.54, 1.807) is 23.6 Å². The zero-order valence-corrected chi connectivity index (χ0v) is 13.6. The predicted molar refractivity (Wildman–Crippen MR) is 86.1 cm³/mol. The van der Waals surface area contributed by atoms with Gasteiger partial charge in [0, 0.05) is 12.3 Å². The monoisotopic (exact) mass is 306 g/mol. The molecule has 4 nitrogen and oxygen atoms in total. The van der Waals surface area contributed by atoms with Crippen LogP contribution in [0, 0.1) is 0 Å². The van der Waals surface area contributed by atoms with Gasteiger partial charge in [-0.3, -0.25) is 9.59 Å². The summed E-state index contributed by atoms with van der Waals surface area (Å²) in [6.07, 6.45) is 2.60. The molecule has 5 heteroatoms. The first-order valence-corrected chi connectivity index (χ1v) is 8.60. The number of amides is 2. The average molecular weight is 306 g/mol. The lowest BCUT2D eigenvalue weighted by atomic mass is 9.89. The van der Waals surface area contributed by atoms with Gasteiger partial charge in [0.15, 0.2) is 0 Å². The van der Waals surface area contributed by atoms with Gasteiger partial charge in [0.25, 0.3) is 0 Å².